The summed E-state index contributed by atoms with van der Waals surface area (Å²) in [4.78, 5) is 9.78. The summed E-state index contributed by atoms with van der Waals surface area (Å²) in [5.41, 5.74) is 0.988. The van der Waals surface area contributed by atoms with Crippen LogP contribution < -0.4 is 10.2 Å². The number of pyridine rings is 2. The predicted molar refractivity (Wildman–Crippen MR) is 79.3 cm³/mol. The van der Waals surface area contributed by atoms with E-state index in [1.165, 1.54) is 0 Å². The average Bonchev–Trinajstić information content (AvgIpc) is 2.49. The summed E-state index contributed by atoms with van der Waals surface area (Å²) in [6.45, 7) is 5.30. The minimum absolute atomic E-state index is 0.0714. The molecule has 4 nitrogen and oxygen atoms in total. The van der Waals surface area contributed by atoms with Crippen molar-refractivity contribution in [1.29, 1.82) is 0 Å². The van der Waals surface area contributed by atoms with Gasteiger partial charge in [-0.15, -0.1) is 0 Å². The fourth-order valence-corrected chi connectivity index (χ4v) is 2.02. The van der Waals surface area contributed by atoms with E-state index in [0.717, 1.165) is 11.6 Å². The van der Waals surface area contributed by atoms with Crippen molar-refractivity contribution in [2.45, 2.75) is 20.4 Å². The molecule has 0 saturated heterocycles. The number of aromatic nitrogens is 2. The van der Waals surface area contributed by atoms with Crippen LogP contribution >= 0.6 is 0 Å². The van der Waals surface area contributed by atoms with Crippen LogP contribution in [0, 0.1) is 11.6 Å². The maximum atomic E-state index is 14.0. The molecule has 0 fully saturated rings. The van der Waals surface area contributed by atoms with E-state index in [-0.39, 0.29) is 11.6 Å². The molecule has 2 rings (SSSR count). The minimum atomic E-state index is -0.682. The van der Waals surface area contributed by atoms with Gasteiger partial charge in [0.25, 0.3) is 0 Å². The first kappa shape index (κ1) is 15.2. The second-order valence-electron chi connectivity index (χ2n) is 4.52. The van der Waals surface area contributed by atoms with Gasteiger partial charge < -0.3 is 10.2 Å². The normalized spacial score (nSPS) is 10.5. The molecule has 0 radical (unpaired) electrons. The SMILES string of the molecule is CCNc1nc(N(CC)Cc2ccncc2)c(F)cc1F. The van der Waals surface area contributed by atoms with Crippen LogP contribution in [-0.4, -0.2) is 23.1 Å². The minimum Gasteiger partial charge on any atom is -0.368 e. The van der Waals surface area contributed by atoms with Crippen LogP contribution in [0.25, 0.3) is 0 Å². The van der Waals surface area contributed by atoms with E-state index < -0.39 is 11.6 Å². The highest BCUT2D eigenvalue weighted by molar-refractivity contribution is 5.49. The zero-order chi connectivity index (χ0) is 15.2. The van der Waals surface area contributed by atoms with Gasteiger partial charge in [0.1, 0.15) is 0 Å². The van der Waals surface area contributed by atoms with Gasteiger partial charge in [0.15, 0.2) is 23.3 Å². The van der Waals surface area contributed by atoms with Crippen molar-refractivity contribution >= 4 is 11.6 Å². The molecular formula is C15H18F2N4. The lowest BCUT2D eigenvalue weighted by atomic mass is 10.2. The summed E-state index contributed by atoms with van der Waals surface area (Å²) in [6, 6.07) is 4.58. The number of hydrogen-bond acceptors (Lipinski definition) is 4. The molecule has 2 heterocycles. The summed E-state index contributed by atoms with van der Waals surface area (Å²) in [5.74, 6) is -1.13. The number of halogens is 2. The van der Waals surface area contributed by atoms with E-state index in [0.29, 0.717) is 19.6 Å². The maximum absolute atomic E-state index is 14.0. The lowest BCUT2D eigenvalue weighted by Gasteiger charge is -2.23. The Labute approximate surface area is 122 Å². The van der Waals surface area contributed by atoms with Gasteiger partial charge in [-0.2, -0.15) is 0 Å². The highest BCUT2D eigenvalue weighted by Crippen LogP contribution is 2.23. The summed E-state index contributed by atoms with van der Waals surface area (Å²) in [5, 5.41) is 2.80. The Balaban J connectivity index is 2.31. The fraction of sp³-hybridized carbons (Fsp3) is 0.333. The van der Waals surface area contributed by atoms with E-state index in [1.807, 2.05) is 26.0 Å². The molecule has 0 unspecified atom stereocenters. The first-order valence-electron chi connectivity index (χ1n) is 6.89. The molecule has 0 saturated carbocycles. The Hall–Kier alpha value is -2.24. The molecule has 0 aliphatic carbocycles. The lowest BCUT2D eigenvalue weighted by molar-refractivity contribution is 0.569. The monoisotopic (exact) mass is 292 g/mol. The van der Waals surface area contributed by atoms with E-state index in [1.54, 1.807) is 17.3 Å². The van der Waals surface area contributed by atoms with Crippen LogP contribution in [0.15, 0.2) is 30.6 Å². The second-order valence-corrected chi connectivity index (χ2v) is 4.52. The van der Waals surface area contributed by atoms with Gasteiger partial charge in [-0.05, 0) is 31.5 Å². The molecule has 0 aromatic carbocycles. The van der Waals surface area contributed by atoms with Gasteiger partial charge in [0.05, 0.1) is 0 Å². The van der Waals surface area contributed by atoms with Crippen molar-refractivity contribution in [2.75, 3.05) is 23.3 Å². The van der Waals surface area contributed by atoms with Gasteiger partial charge >= 0.3 is 0 Å². The van der Waals surface area contributed by atoms with Gasteiger partial charge in [-0.1, -0.05) is 0 Å². The zero-order valence-corrected chi connectivity index (χ0v) is 12.1. The number of hydrogen-bond donors (Lipinski definition) is 1. The quantitative estimate of drug-likeness (QED) is 0.887. The van der Waals surface area contributed by atoms with Crippen LogP contribution in [0.4, 0.5) is 20.4 Å². The Morgan fingerprint density at radius 3 is 2.48 bits per heavy atom. The zero-order valence-electron chi connectivity index (χ0n) is 12.1. The fourth-order valence-electron chi connectivity index (χ4n) is 2.02. The number of nitrogens with zero attached hydrogens (tertiary/aromatic N) is 3. The van der Waals surface area contributed by atoms with E-state index in [2.05, 4.69) is 15.3 Å². The molecule has 0 aliphatic heterocycles. The summed E-state index contributed by atoms with van der Waals surface area (Å²) in [7, 11) is 0. The van der Waals surface area contributed by atoms with Crippen molar-refractivity contribution in [2.24, 2.45) is 0 Å². The number of anilines is 2. The molecule has 2 aromatic heterocycles. The van der Waals surface area contributed by atoms with Crippen LogP contribution in [0.5, 0.6) is 0 Å². The summed E-state index contributed by atoms with van der Waals surface area (Å²) < 4.78 is 27.6. The molecule has 1 N–H and O–H groups in total. The first-order valence-corrected chi connectivity index (χ1v) is 6.89. The van der Waals surface area contributed by atoms with Crippen molar-refractivity contribution in [3.63, 3.8) is 0 Å². The molecule has 6 heteroatoms. The van der Waals surface area contributed by atoms with Crippen LogP contribution in [-0.2, 0) is 6.54 Å². The lowest BCUT2D eigenvalue weighted by Crippen LogP contribution is -2.25. The molecule has 21 heavy (non-hydrogen) atoms. The number of rotatable bonds is 6. The predicted octanol–water partition coefficient (Wildman–Crippen LogP) is 3.21. The smallest absolute Gasteiger partial charge is 0.168 e. The molecule has 2 aromatic rings. The van der Waals surface area contributed by atoms with Gasteiger partial charge in [0.2, 0.25) is 0 Å². The largest absolute Gasteiger partial charge is 0.368 e. The van der Waals surface area contributed by atoms with Gasteiger partial charge in [-0.3, -0.25) is 4.98 Å². The molecule has 0 aliphatic rings. The van der Waals surface area contributed by atoms with Gasteiger partial charge in [-0.25, -0.2) is 13.8 Å². The Bertz CT molecular complexity index is 590. The Kier molecular flexibility index (Phi) is 5.03. The van der Waals surface area contributed by atoms with Crippen molar-refractivity contribution in [3.8, 4) is 0 Å². The van der Waals surface area contributed by atoms with Crippen molar-refractivity contribution < 1.29 is 8.78 Å². The Morgan fingerprint density at radius 2 is 1.86 bits per heavy atom. The topological polar surface area (TPSA) is 41.1 Å². The van der Waals surface area contributed by atoms with E-state index in [9.17, 15) is 8.78 Å². The third-order valence-electron chi connectivity index (χ3n) is 3.06. The van der Waals surface area contributed by atoms with Crippen LogP contribution in [0.3, 0.4) is 0 Å². The van der Waals surface area contributed by atoms with E-state index >= 15 is 0 Å². The Morgan fingerprint density at radius 1 is 1.14 bits per heavy atom. The van der Waals surface area contributed by atoms with Gasteiger partial charge in [0, 0.05) is 38.1 Å². The summed E-state index contributed by atoms with van der Waals surface area (Å²) >= 11 is 0. The molecule has 0 spiro atoms. The van der Waals surface area contributed by atoms with E-state index in [4.69, 9.17) is 0 Å². The highest BCUT2D eigenvalue weighted by atomic mass is 19.1. The third-order valence-corrected chi connectivity index (χ3v) is 3.06. The van der Waals surface area contributed by atoms with Crippen LogP contribution in [0.2, 0.25) is 0 Å². The molecule has 0 atom stereocenters. The second kappa shape index (κ2) is 6.97. The molecule has 112 valence electrons. The third kappa shape index (κ3) is 3.65. The van der Waals surface area contributed by atoms with Crippen molar-refractivity contribution in [1.82, 2.24) is 9.97 Å². The van der Waals surface area contributed by atoms with Crippen molar-refractivity contribution in [3.05, 3.63) is 47.8 Å². The van der Waals surface area contributed by atoms with Crippen LogP contribution in [0.1, 0.15) is 19.4 Å². The molecule has 0 amide bonds. The molecule has 0 bridgehead atoms. The molecular weight excluding hydrogens is 274 g/mol. The standard InChI is InChI=1S/C15H18F2N4/c1-3-19-14-12(16)9-13(17)15(20-14)21(4-2)10-11-5-7-18-8-6-11/h5-9H,3-4,10H2,1-2H3,(H,19,20). The number of nitrogens with one attached hydrogen (secondary N) is 1. The summed E-state index contributed by atoms with van der Waals surface area (Å²) in [6.07, 6.45) is 3.36. The highest BCUT2D eigenvalue weighted by Gasteiger charge is 2.16. The maximum Gasteiger partial charge on any atom is 0.168 e. The average molecular weight is 292 g/mol. The first-order chi connectivity index (χ1) is 10.2.